The van der Waals surface area contributed by atoms with Crippen LogP contribution < -0.4 is 9.47 Å². The smallest absolute Gasteiger partial charge is 0.276 e. The molecule has 3 aromatic rings. The Morgan fingerprint density at radius 3 is 2.45 bits per heavy atom. The number of para-hydroxylation sites is 2. The van der Waals surface area contributed by atoms with E-state index in [2.05, 4.69) is 29.4 Å². The lowest BCUT2D eigenvalue weighted by Crippen LogP contribution is -2.39. The number of amides is 1. The second-order valence-corrected chi connectivity index (χ2v) is 7.93. The molecule has 1 fully saturated rings. The summed E-state index contributed by atoms with van der Waals surface area (Å²) >= 11 is 0. The average Bonchev–Trinajstić information content (AvgIpc) is 3.18. The number of ether oxygens (including phenoxy) is 2. The molecule has 1 aromatic heterocycles. The summed E-state index contributed by atoms with van der Waals surface area (Å²) in [7, 11) is 1.60. The predicted octanol–water partition coefficient (Wildman–Crippen LogP) is 4.67. The number of likely N-dealkylation sites (tertiary alicyclic amines) is 1. The Balaban J connectivity index is 1.38. The van der Waals surface area contributed by atoms with Gasteiger partial charge in [0.1, 0.15) is 12.4 Å². The number of benzene rings is 2. The second kappa shape index (κ2) is 9.69. The Labute approximate surface area is 182 Å². The van der Waals surface area contributed by atoms with Crippen LogP contribution in [0, 0.1) is 12.8 Å². The zero-order chi connectivity index (χ0) is 21.6. The van der Waals surface area contributed by atoms with Crippen molar-refractivity contribution in [3.05, 3.63) is 77.2 Å². The summed E-state index contributed by atoms with van der Waals surface area (Å²) in [5.41, 5.74) is 2.38. The van der Waals surface area contributed by atoms with Crippen LogP contribution in [0.1, 0.15) is 40.2 Å². The van der Waals surface area contributed by atoms with Gasteiger partial charge in [-0.2, -0.15) is 0 Å². The molecule has 2 aromatic carbocycles. The van der Waals surface area contributed by atoms with E-state index in [1.807, 2.05) is 35.2 Å². The van der Waals surface area contributed by atoms with Crippen LogP contribution in [0.5, 0.6) is 11.5 Å². The molecular formula is C25H28N2O4. The summed E-state index contributed by atoms with van der Waals surface area (Å²) in [5, 5.41) is 4.06. The molecule has 1 saturated heterocycles. The maximum absolute atomic E-state index is 13.2. The van der Waals surface area contributed by atoms with E-state index >= 15 is 0 Å². The number of hydrogen-bond acceptors (Lipinski definition) is 5. The standard InChI is InChI=1S/C25H28N2O4/c1-18-21(17-30-23-11-7-6-10-22(23)29-2)24(26-31-18)25(28)27-14-12-20(13-15-27)16-19-8-4-3-5-9-19/h3-11,20H,12-17H2,1-2H3. The number of carbonyl (C=O) groups excluding carboxylic acids is 1. The van der Waals surface area contributed by atoms with Crippen LogP contribution in [-0.2, 0) is 13.0 Å². The zero-order valence-corrected chi connectivity index (χ0v) is 18.0. The van der Waals surface area contributed by atoms with Gasteiger partial charge in [-0.25, -0.2) is 0 Å². The van der Waals surface area contributed by atoms with Gasteiger partial charge >= 0.3 is 0 Å². The van der Waals surface area contributed by atoms with Gasteiger partial charge in [0.05, 0.1) is 12.7 Å². The molecule has 0 bridgehead atoms. The van der Waals surface area contributed by atoms with Crippen molar-refractivity contribution in [2.24, 2.45) is 5.92 Å². The van der Waals surface area contributed by atoms with Gasteiger partial charge in [-0.3, -0.25) is 4.79 Å². The van der Waals surface area contributed by atoms with Crippen molar-refractivity contribution in [2.75, 3.05) is 20.2 Å². The molecule has 1 aliphatic heterocycles. The van der Waals surface area contributed by atoms with E-state index in [9.17, 15) is 4.79 Å². The van der Waals surface area contributed by atoms with Gasteiger partial charge in [0.25, 0.3) is 5.91 Å². The largest absolute Gasteiger partial charge is 0.493 e. The van der Waals surface area contributed by atoms with Crippen molar-refractivity contribution < 1.29 is 18.8 Å². The third-order valence-electron chi connectivity index (χ3n) is 5.90. The highest BCUT2D eigenvalue weighted by atomic mass is 16.5. The van der Waals surface area contributed by atoms with Gasteiger partial charge in [-0.05, 0) is 49.8 Å². The molecule has 0 spiro atoms. The number of aromatic nitrogens is 1. The molecule has 0 N–H and O–H groups in total. The quantitative estimate of drug-likeness (QED) is 0.556. The lowest BCUT2D eigenvalue weighted by molar-refractivity contribution is 0.0677. The zero-order valence-electron chi connectivity index (χ0n) is 18.0. The van der Waals surface area contributed by atoms with E-state index in [0.29, 0.717) is 34.4 Å². The first kappa shape index (κ1) is 21.0. The maximum Gasteiger partial charge on any atom is 0.276 e. The Morgan fingerprint density at radius 1 is 1.06 bits per heavy atom. The minimum absolute atomic E-state index is 0.0892. The van der Waals surface area contributed by atoms with Gasteiger partial charge in [0.15, 0.2) is 17.2 Å². The molecule has 6 nitrogen and oxygen atoms in total. The van der Waals surface area contributed by atoms with Gasteiger partial charge in [0, 0.05) is 13.1 Å². The van der Waals surface area contributed by atoms with E-state index in [-0.39, 0.29) is 12.5 Å². The lowest BCUT2D eigenvalue weighted by Gasteiger charge is -2.31. The molecular weight excluding hydrogens is 392 g/mol. The fourth-order valence-electron chi connectivity index (χ4n) is 4.05. The van der Waals surface area contributed by atoms with Crippen molar-refractivity contribution in [1.29, 1.82) is 0 Å². The summed E-state index contributed by atoms with van der Waals surface area (Å²) in [4.78, 5) is 15.0. The SMILES string of the molecule is COc1ccccc1OCc1c(C(=O)N2CCC(Cc3ccccc3)CC2)noc1C. The van der Waals surface area contributed by atoms with Gasteiger partial charge in [0.2, 0.25) is 0 Å². The fourth-order valence-corrected chi connectivity index (χ4v) is 4.05. The number of carbonyl (C=O) groups is 1. The molecule has 162 valence electrons. The number of rotatable bonds is 7. The van der Waals surface area contributed by atoms with E-state index in [1.54, 1.807) is 14.0 Å². The lowest BCUT2D eigenvalue weighted by atomic mass is 9.90. The third kappa shape index (κ3) is 4.90. The van der Waals surface area contributed by atoms with Crippen molar-refractivity contribution in [3.63, 3.8) is 0 Å². The van der Waals surface area contributed by atoms with Crippen LogP contribution in [0.15, 0.2) is 59.1 Å². The fraction of sp³-hybridized carbons (Fsp3) is 0.360. The summed E-state index contributed by atoms with van der Waals surface area (Å²) in [6.45, 7) is 3.46. The van der Waals surface area contributed by atoms with E-state index < -0.39 is 0 Å². The molecule has 0 aliphatic carbocycles. The van der Waals surface area contributed by atoms with Crippen LogP contribution in [0.3, 0.4) is 0 Å². The van der Waals surface area contributed by atoms with Crippen molar-refractivity contribution in [2.45, 2.75) is 32.8 Å². The highest BCUT2D eigenvalue weighted by Gasteiger charge is 2.28. The first-order valence-electron chi connectivity index (χ1n) is 10.7. The number of piperidine rings is 1. The van der Waals surface area contributed by atoms with E-state index in [0.717, 1.165) is 32.4 Å². The summed E-state index contributed by atoms with van der Waals surface area (Å²) in [5.74, 6) is 2.36. The van der Waals surface area contributed by atoms with Crippen molar-refractivity contribution >= 4 is 5.91 Å². The highest BCUT2D eigenvalue weighted by Crippen LogP contribution is 2.28. The van der Waals surface area contributed by atoms with E-state index in [4.69, 9.17) is 14.0 Å². The topological polar surface area (TPSA) is 64.8 Å². The average molecular weight is 421 g/mol. The first-order chi connectivity index (χ1) is 15.2. The maximum atomic E-state index is 13.2. The van der Waals surface area contributed by atoms with Crippen LogP contribution in [0.4, 0.5) is 0 Å². The molecule has 1 amide bonds. The van der Waals surface area contributed by atoms with Crippen LogP contribution >= 0.6 is 0 Å². The number of aryl methyl sites for hydroxylation is 1. The van der Waals surface area contributed by atoms with Crippen LogP contribution in [0.2, 0.25) is 0 Å². The molecule has 0 saturated carbocycles. The Bertz CT molecular complexity index is 1010. The van der Waals surface area contributed by atoms with Crippen molar-refractivity contribution in [1.82, 2.24) is 10.1 Å². The molecule has 31 heavy (non-hydrogen) atoms. The van der Waals surface area contributed by atoms with Crippen LogP contribution in [0.25, 0.3) is 0 Å². The molecule has 1 aliphatic rings. The van der Waals surface area contributed by atoms with Crippen LogP contribution in [-0.4, -0.2) is 36.2 Å². The molecule has 0 unspecified atom stereocenters. The summed E-state index contributed by atoms with van der Waals surface area (Å²) in [6.07, 6.45) is 3.04. The highest BCUT2D eigenvalue weighted by molar-refractivity contribution is 5.93. The number of nitrogens with zero attached hydrogens (tertiary/aromatic N) is 2. The number of methoxy groups -OCH3 is 1. The molecule has 2 heterocycles. The number of hydrogen-bond donors (Lipinski definition) is 0. The third-order valence-corrected chi connectivity index (χ3v) is 5.90. The first-order valence-corrected chi connectivity index (χ1v) is 10.7. The molecule has 6 heteroatoms. The Morgan fingerprint density at radius 2 is 1.74 bits per heavy atom. The second-order valence-electron chi connectivity index (χ2n) is 7.93. The monoisotopic (exact) mass is 420 g/mol. The minimum Gasteiger partial charge on any atom is -0.493 e. The Kier molecular flexibility index (Phi) is 6.55. The molecule has 0 atom stereocenters. The van der Waals surface area contributed by atoms with E-state index in [1.165, 1.54) is 5.56 Å². The van der Waals surface area contributed by atoms with Gasteiger partial charge in [-0.15, -0.1) is 0 Å². The molecule has 0 radical (unpaired) electrons. The predicted molar refractivity (Wildman–Crippen MR) is 117 cm³/mol. The molecule has 4 rings (SSSR count). The summed E-state index contributed by atoms with van der Waals surface area (Å²) in [6, 6.07) is 18.0. The van der Waals surface area contributed by atoms with Gasteiger partial charge in [-0.1, -0.05) is 47.6 Å². The van der Waals surface area contributed by atoms with Crippen molar-refractivity contribution in [3.8, 4) is 11.5 Å². The normalized spacial score (nSPS) is 14.5. The van der Waals surface area contributed by atoms with Gasteiger partial charge < -0.3 is 18.9 Å². The Hall–Kier alpha value is -3.28. The minimum atomic E-state index is -0.0892. The summed E-state index contributed by atoms with van der Waals surface area (Å²) < 4.78 is 16.6.